The SMILES string of the molecule is Cc1ccccc1OCCCC(=O)Nc1cccc(CNC(=O)c2cccnc2)c1. The zero-order valence-electron chi connectivity index (χ0n) is 16.9. The highest BCUT2D eigenvalue weighted by Gasteiger charge is 2.07. The largest absolute Gasteiger partial charge is 0.493 e. The fraction of sp³-hybridized carbons (Fsp3) is 0.208. The summed E-state index contributed by atoms with van der Waals surface area (Å²) in [6, 6.07) is 18.7. The molecule has 30 heavy (non-hydrogen) atoms. The minimum atomic E-state index is -0.189. The van der Waals surface area contributed by atoms with Crippen LogP contribution in [-0.2, 0) is 11.3 Å². The topological polar surface area (TPSA) is 80.3 Å². The highest BCUT2D eigenvalue weighted by atomic mass is 16.5. The van der Waals surface area contributed by atoms with Crippen LogP contribution in [0.15, 0.2) is 73.1 Å². The molecule has 0 radical (unpaired) electrons. The van der Waals surface area contributed by atoms with Gasteiger partial charge in [0, 0.05) is 31.0 Å². The lowest BCUT2D eigenvalue weighted by atomic mass is 10.2. The van der Waals surface area contributed by atoms with Gasteiger partial charge in [0.25, 0.3) is 5.91 Å². The van der Waals surface area contributed by atoms with Crippen molar-refractivity contribution in [3.63, 3.8) is 0 Å². The van der Waals surface area contributed by atoms with Gasteiger partial charge in [0.1, 0.15) is 5.75 Å². The Morgan fingerprint density at radius 2 is 1.90 bits per heavy atom. The van der Waals surface area contributed by atoms with E-state index in [1.54, 1.807) is 18.3 Å². The highest BCUT2D eigenvalue weighted by molar-refractivity contribution is 5.93. The van der Waals surface area contributed by atoms with Crippen molar-refractivity contribution in [2.75, 3.05) is 11.9 Å². The van der Waals surface area contributed by atoms with E-state index in [1.807, 2.05) is 55.5 Å². The first-order valence-corrected chi connectivity index (χ1v) is 9.87. The zero-order valence-corrected chi connectivity index (χ0v) is 16.9. The molecule has 6 heteroatoms. The minimum Gasteiger partial charge on any atom is -0.493 e. The lowest BCUT2D eigenvalue weighted by Crippen LogP contribution is -2.23. The van der Waals surface area contributed by atoms with E-state index in [-0.39, 0.29) is 11.8 Å². The Labute approximate surface area is 176 Å². The Hall–Kier alpha value is -3.67. The highest BCUT2D eigenvalue weighted by Crippen LogP contribution is 2.16. The van der Waals surface area contributed by atoms with Crippen molar-refractivity contribution in [1.82, 2.24) is 10.3 Å². The van der Waals surface area contributed by atoms with E-state index in [9.17, 15) is 9.59 Å². The van der Waals surface area contributed by atoms with Crippen LogP contribution in [0.5, 0.6) is 5.75 Å². The number of hydrogen-bond acceptors (Lipinski definition) is 4. The molecule has 0 atom stereocenters. The van der Waals surface area contributed by atoms with E-state index in [2.05, 4.69) is 15.6 Å². The van der Waals surface area contributed by atoms with Gasteiger partial charge in [-0.25, -0.2) is 0 Å². The molecule has 0 unspecified atom stereocenters. The van der Waals surface area contributed by atoms with Crippen molar-refractivity contribution in [3.05, 3.63) is 89.7 Å². The molecule has 154 valence electrons. The first kappa shape index (κ1) is 21.0. The van der Waals surface area contributed by atoms with Crippen molar-refractivity contribution in [1.29, 1.82) is 0 Å². The minimum absolute atomic E-state index is 0.0695. The number of anilines is 1. The fourth-order valence-corrected chi connectivity index (χ4v) is 2.90. The van der Waals surface area contributed by atoms with E-state index < -0.39 is 0 Å². The van der Waals surface area contributed by atoms with Crippen LogP contribution >= 0.6 is 0 Å². The molecule has 0 aliphatic heterocycles. The summed E-state index contributed by atoms with van der Waals surface area (Å²) < 4.78 is 5.72. The van der Waals surface area contributed by atoms with E-state index in [1.165, 1.54) is 6.20 Å². The molecule has 2 N–H and O–H groups in total. The zero-order chi connectivity index (χ0) is 21.2. The molecule has 0 saturated heterocycles. The van der Waals surface area contributed by atoms with Gasteiger partial charge in [0.15, 0.2) is 0 Å². The summed E-state index contributed by atoms with van der Waals surface area (Å²) in [6.07, 6.45) is 4.14. The number of benzene rings is 2. The second-order valence-electron chi connectivity index (χ2n) is 6.89. The molecule has 3 rings (SSSR count). The molecule has 1 heterocycles. The van der Waals surface area contributed by atoms with Gasteiger partial charge in [-0.15, -0.1) is 0 Å². The Bertz CT molecular complexity index is 990. The van der Waals surface area contributed by atoms with Gasteiger partial charge < -0.3 is 15.4 Å². The number of aryl methyl sites for hydroxylation is 1. The third-order valence-electron chi connectivity index (χ3n) is 4.49. The summed E-state index contributed by atoms with van der Waals surface area (Å²) in [5.74, 6) is 0.588. The van der Waals surface area contributed by atoms with E-state index in [4.69, 9.17) is 4.74 Å². The van der Waals surface area contributed by atoms with Crippen molar-refractivity contribution < 1.29 is 14.3 Å². The molecule has 3 aromatic rings. The normalized spacial score (nSPS) is 10.3. The molecule has 6 nitrogen and oxygen atoms in total. The van der Waals surface area contributed by atoms with E-state index in [0.717, 1.165) is 16.9 Å². The fourth-order valence-electron chi connectivity index (χ4n) is 2.90. The molecular formula is C24H25N3O3. The number of ether oxygens (including phenoxy) is 1. The van der Waals surface area contributed by atoms with Crippen LogP contribution in [-0.4, -0.2) is 23.4 Å². The number of carbonyl (C=O) groups is 2. The second kappa shape index (κ2) is 10.8. The smallest absolute Gasteiger partial charge is 0.253 e. The molecule has 2 aromatic carbocycles. The number of amides is 2. The van der Waals surface area contributed by atoms with Crippen LogP contribution < -0.4 is 15.4 Å². The predicted octanol–water partition coefficient (Wildman–Crippen LogP) is 4.12. The maximum atomic E-state index is 12.2. The third-order valence-corrected chi connectivity index (χ3v) is 4.49. The Morgan fingerprint density at radius 3 is 2.70 bits per heavy atom. The first-order valence-electron chi connectivity index (χ1n) is 9.87. The maximum Gasteiger partial charge on any atom is 0.253 e. The number of nitrogens with zero attached hydrogens (tertiary/aromatic N) is 1. The second-order valence-corrected chi connectivity index (χ2v) is 6.89. The quantitative estimate of drug-likeness (QED) is 0.527. The summed E-state index contributed by atoms with van der Waals surface area (Å²) in [6.45, 7) is 2.84. The standard InChI is InChI=1S/C24H25N3O3/c1-18-7-2-3-11-22(18)30-14-6-12-23(28)27-21-10-4-8-19(15-21)16-26-24(29)20-9-5-13-25-17-20/h2-5,7-11,13,15,17H,6,12,14,16H2,1H3,(H,26,29)(H,27,28). The summed E-state index contributed by atoms with van der Waals surface area (Å²) in [4.78, 5) is 28.3. The van der Waals surface area contributed by atoms with E-state index >= 15 is 0 Å². The number of nitrogens with one attached hydrogen (secondary N) is 2. The Kier molecular flexibility index (Phi) is 7.55. The average molecular weight is 403 g/mol. The molecule has 0 saturated carbocycles. The van der Waals surface area contributed by atoms with Crippen LogP contribution in [0, 0.1) is 6.92 Å². The molecule has 0 bridgehead atoms. The average Bonchev–Trinajstić information content (AvgIpc) is 2.77. The lowest BCUT2D eigenvalue weighted by Gasteiger charge is -2.10. The molecule has 0 aliphatic carbocycles. The maximum absolute atomic E-state index is 12.2. The lowest BCUT2D eigenvalue weighted by molar-refractivity contribution is -0.116. The Balaban J connectivity index is 1.42. The van der Waals surface area contributed by atoms with Gasteiger partial charge in [-0.05, 0) is 54.8 Å². The number of aromatic nitrogens is 1. The van der Waals surface area contributed by atoms with Gasteiger partial charge in [0.05, 0.1) is 12.2 Å². The van der Waals surface area contributed by atoms with Crippen LogP contribution in [0.1, 0.15) is 34.3 Å². The first-order chi connectivity index (χ1) is 14.6. The molecule has 0 spiro atoms. The van der Waals surface area contributed by atoms with Gasteiger partial charge in [-0.1, -0.05) is 30.3 Å². The van der Waals surface area contributed by atoms with Gasteiger partial charge in [-0.3, -0.25) is 14.6 Å². The van der Waals surface area contributed by atoms with Crippen molar-refractivity contribution in [3.8, 4) is 5.75 Å². The number of hydrogen-bond donors (Lipinski definition) is 2. The number of para-hydroxylation sites is 1. The summed E-state index contributed by atoms with van der Waals surface area (Å²) in [5.41, 5.74) is 3.19. The Morgan fingerprint density at radius 1 is 1.03 bits per heavy atom. The van der Waals surface area contributed by atoms with Gasteiger partial charge in [0.2, 0.25) is 5.91 Å². The van der Waals surface area contributed by atoms with Crippen LogP contribution in [0.2, 0.25) is 0 Å². The molecule has 2 amide bonds. The third kappa shape index (κ3) is 6.44. The summed E-state index contributed by atoms with van der Waals surface area (Å²) in [7, 11) is 0. The molecule has 1 aromatic heterocycles. The van der Waals surface area contributed by atoms with Crippen LogP contribution in [0.4, 0.5) is 5.69 Å². The van der Waals surface area contributed by atoms with Crippen LogP contribution in [0.25, 0.3) is 0 Å². The van der Waals surface area contributed by atoms with Gasteiger partial charge in [-0.2, -0.15) is 0 Å². The monoisotopic (exact) mass is 403 g/mol. The molecule has 0 aliphatic rings. The molecular weight excluding hydrogens is 378 g/mol. The van der Waals surface area contributed by atoms with Gasteiger partial charge >= 0.3 is 0 Å². The van der Waals surface area contributed by atoms with Crippen molar-refractivity contribution in [2.24, 2.45) is 0 Å². The number of pyridine rings is 1. The summed E-state index contributed by atoms with van der Waals surface area (Å²) in [5, 5.41) is 5.74. The number of rotatable bonds is 9. The van der Waals surface area contributed by atoms with Crippen LogP contribution in [0.3, 0.4) is 0 Å². The molecule has 0 fully saturated rings. The van der Waals surface area contributed by atoms with Crippen molar-refractivity contribution in [2.45, 2.75) is 26.3 Å². The summed E-state index contributed by atoms with van der Waals surface area (Å²) >= 11 is 0. The predicted molar refractivity (Wildman–Crippen MR) is 116 cm³/mol. The van der Waals surface area contributed by atoms with Crippen molar-refractivity contribution >= 4 is 17.5 Å². The number of carbonyl (C=O) groups excluding carboxylic acids is 2. The van der Waals surface area contributed by atoms with E-state index in [0.29, 0.717) is 37.2 Å².